The van der Waals surface area contributed by atoms with E-state index in [9.17, 15) is 4.79 Å². The maximum absolute atomic E-state index is 12.0. The van der Waals surface area contributed by atoms with E-state index >= 15 is 0 Å². The van der Waals surface area contributed by atoms with Crippen LogP contribution in [0.2, 0.25) is 0 Å². The molecular weight excluding hydrogens is 270 g/mol. The molecule has 0 aromatic carbocycles. The average molecular weight is 289 g/mol. The minimum absolute atomic E-state index is 0.0272. The number of pyridine rings is 1. The number of nitrogens with zero attached hydrogens (tertiary/aromatic N) is 2. The largest absolute Gasteiger partial charge is 0.342 e. The van der Waals surface area contributed by atoms with Crippen molar-refractivity contribution in [2.75, 3.05) is 0 Å². The maximum Gasteiger partial charge on any atom is 0.270 e. The van der Waals surface area contributed by atoms with Crippen LogP contribution < -0.4 is 5.32 Å². The summed E-state index contributed by atoms with van der Waals surface area (Å²) >= 11 is 1.58. The fraction of sp³-hybridized carbons (Fsp3) is 0.400. The number of aromatic nitrogens is 2. The van der Waals surface area contributed by atoms with Crippen molar-refractivity contribution in [3.8, 4) is 0 Å². The maximum atomic E-state index is 12.0. The predicted octanol–water partition coefficient (Wildman–Crippen LogP) is 3.33. The first-order valence-corrected chi connectivity index (χ1v) is 7.43. The highest BCUT2D eigenvalue weighted by Crippen LogP contribution is 2.26. The van der Waals surface area contributed by atoms with Crippen LogP contribution in [0.4, 0.5) is 0 Å². The Morgan fingerprint density at radius 2 is 2.10 bits per heavy atom. The number of carbonyl (C=O) groups is 1. The zero-order chi connectivity index (χ0) is 14.8. The van der Waals surface area contributed by atoms with Gasteiger partial charge in [-0.2, -0.15) is 0 Å². The Balaban J connectivity index is 2.07. The number of carbonyl (C=O) groups excluding carboxylic acids is 1. The molecular formula is C15H19N3OS. The minimum atomic E-state index is -0.175. The number of nitrogens with one attached hydrogen (secondary N) is 1. The van der Waals surface area contributed by atoms with Gasteiger partial charge in [-0.1, -0.05) is 26.8 Å². The summed E-state index contributed by atoms with van der Waals surface area (Å²) in [6.45, 7) is 8.32. The molecule has 1 amide bonds. The van der Waals surface area contributed by atoms with Gasteiger partial charge in [-0.25, -0.2) is 4.98 Å². The second kappa shape index (κ2) is 5.71. The van der Waals surface area contributed by atoms with E-state index in [0.717, 1.165) is 10.7 Å². The van der Waals surface area contributed by atoms with Crippen LogP contribution in [0.5, 0.6) is 0 Å². The number of hydrogen-bond acceptors (Lipinski definition) is 4. The molecule has 0 fully saturated rings. The first kappa shape index (κ1) is 14.7. The fourth-order valence-corrected chi connectivity index (χ4v) is 2.71. The zero-order valence-corrected chi connectivity index (χ0v) is 13.0. The van der Waals surface area contributed by atoms with Crippen LogP contribution in [0, 0.1) is 0 Å². The molecule has 0 saturated heterocycles. The van der Waals surface area contributed by atoms with E-state index in [1.54, 1.807) is 35.7 Å². The molecule has 0 unspecified atom stereocenters. The SMILES string of the molecule is C[C@H](NC(=O)c1ccccn1)c1nc(C(C)(C)C)cs1. The van der Waals surface area contributed by atoms with Crippen molar-refractivity contribution >= 4 is 17.2 Å². The molecule has 0 saturated carbocycles. The van der Waals surface area contributed by atoms with Gasteiger partial charge < -0.3 is 5.32 Å². The van der Waals surface area contributed by atoms with Crippen LogP contribution in [0.3, 0.4) is 0 Å². The van der Waals surface area contributed by atoms with E-state index in [2.05, 4.69) is 41.4 Å². The summed E-state index contributed by atoms with van der Waals surface area (Å²) in [7, 11) is 0. The molecule has 5 heteroatoms. The van der Waals surface area contributed by atoms with Crippen molar-refractivity contribution in [2.45, 2.75) is 39.2 Å². The van der Waals surface area contributed by atoms with Gasteiger partial charge in [0.15, 0.2) is 0 Å². The van der Waals surface area contributed by atoms with Crippen LogP contribution >= 0.6 is 11.3 Å². The van der Waals surface area contributed by atoms with Crippen molar-refractivity contribution in [3.05, 3.63) is 46.2 Å². The molecule has 2 rings (SSSR count). The third kappa shape index (κ3) is 3.42. The number of thiazole rings is 1. The van der Waals surface area contributed by atoms with E-state index in [-0.39, 0.29) is 17.4 Å². The standard InChI is InChI=1S/C15H19N3OS/c1-10(14-18-12(9-20-14)15(2,3)4)17-13(19)11-7-5-6-8-16-11/h5-10H,1-4H3,(H,17,19)/t10-/m0/s1. The van der Waals surface area contributed by atoms with Crippen LogP contribution in [-0.2, 0) is 5.41 Å². The van der Waals surface area contributed by atoms with Crippen molar-refractivity contribution < 1.29 is 4.79 Å². The molecule has 2 heterocycles. The number of amides is 1. The molecule has 20 heavy (non-hydrogen) atoms. The molecule has 0 bridgehead atoms. The summed E-state index contributed by atoms with van der Waals surface area (Å²) in [4.78, 5) is 20.7. The van der Waals surface area contributed by atoms with Crippen LogP contribution in [0.1, 0.15) is 54.9 Å². The average Bonchev–Trinajstić information content (AvgIpc) is 2.89. The lowest BCUT2D eigenvalue weighted by Gasteiger charge is -2.15. The molecule has 0 radical (unpaired) electrons. The Morgan fingerprint density at radius 3 is 2.65 bits per heavy atom. The molecule has 106 valence electrons. The van der Waals surface area contributed by atoms with Gasteiger partial charge >= 0.3 is 0 Å². The van der Waals surface area contributed by atoms with Gasteiger partial charge in [0.1, 0.15) is 10.7 Å². The lowest BCUT2D eigenvalue weighted by Crippen LogP contribution is -2.27. The summed E-state index contributed by atoms with van der Waals surface area (Å²) in [6, 6.07) is 5.17. The minimum Gasteiger partial charge on any atom is -0.342 e. The van der Waals surface area contributed by atoms with E-state index in [1.807, 2.05) is 6.92 Å². The van der Waals surface area contributed by atoms with Gasteiger partial charge in [-0.3, -0.25) is 9.78 Å². The summed E-state index contributed by atoms with van der Waals surface area (Å²) in [5, 5.41) is 5.89. The van der Waals surface area contributed by atoms with Crippen molar-refractivity contribution in [2.24, 2.45) is 0 Å². The van der Waals surface area contributed by atoms with E-state index in [4.69, 9.17) is 0 Å². The summed E-state index contributed by atoms with van der Waals surface area (Å²) < 4.78 is 0. The molecule has 0 spiro atoms. The molecule has 2 aromatic rings. The quantitative estimate of drug-likeness (QED) is 0.943. The lowest BCUT2D eigenvalue weighted by atomic mass is 9.93. The predicted molar refractivity (Wildman–Crippen MR) is 80.9 cm³/mol. The van der Waals surface area contributed by atoms with Gasteiger partial charge in [0, 0.05) is 17.0 Å². The van der Waals surface area contributed by atoms with Gasteiger partial charge in [0.2, 0.25) is 0 Å². The van der Waals surface area contributed by atoms with Gasteiger partial charge in [-0.05, 0) is 19.1 Å². The normalized spacial score (nSPS) is 13.0. The van der Waals surface area contributed by atoms with Gasteiger partial charge in [-0.15, -0.1) is 11.3 Å². The highest BCUT2D eigenvalue weighted by molar-refractivity contribution is 7.09. The highest BCUT2D eigenvalue weighted by Gasteiger charge is 2.20. The number of rotatable bonds is 3. The van der Waals surface area contributed by atoms with E-state index in [0.29, 0.717) is 5.69 Å². The third-order valence-electron chi connectivity index (χ3n) is 2.91. The summed E-state index contributed by atoms with van der Waals surface area (Å²) in [5.74, 6) is -0.175. The third-order valence-corrected chi connectivity index (χ3v) is 3.93. The lowest BCUT2D eigenvalue weighted by molar-refractivity contribution is 0.0935. The molecule has 1 atom stereocenters. The van der Waals surface area contributed by atoms with E-state index in [1.165, 1.54) is 0 Å². The highest BCUT2D eigenvalue weighted by atomic mass is 32.1. The Bertz CT molecular complexity index is 587. The Morgan fingerprint density at radius 1 is 1.35 bits per heavy atom. The second-order valence-corrected chi connectivity index (χ2v) is 6.62. The first-order valence-electron chi connectivity index (χ1n) is 6.56. The van der Waals surface area contributed by atoms with Crippen molar-refractivity contribution in [3.63, 3.8) is 0 Å². The fourth-order valence-electron chi connectivity index (χ4n) is 1.66. The van der Waals surface area contributed by atoms with Crippen LogP contribution in [-0.4, -0.2) is 15.9 Å². The topological polar surface area (TPSA) is 54.9 Å². The molecule has 0 aliphatic rings. The second-order valence-electron chi connectivity index (χ2n) is 5.73. The summed E-state index contributed by atoms with van der Waals surface area (Å²) in [5.41, 5.74) is 1.50. The Hall–Kier alpha value is -1.75. The molecule has 0 aliphatic carbocycles. The molecule has 4 nitrogen and oxygen atoms in total. The monoisotopic (exact) mass is 289 g/mol. The first-order chi connectivity index (χ1) is 9.38. The van der Waals surface area contributed by atoms with Crippen molar-refractivity contribution in [1.82, 2.24) is 15.3 Å². The van der Waals surface area contributed by atoms with Gasteiger partial charge in [0.25, 0.3) is 5.91 Å². The molecule has 0 aliphatic heterocycles. The van der Waals surface area contributed by atoms with Crippen molar-refractivity contribution in [1.29, 1.82) is 0 Å². The smallest absolute Gasteiger partial charge is 0.270 e. The Kier molecular flexibility index (Phi) is 4.18. The zero-order valence-electron chi connectivity index (χ0n) is 12.2. The van der Waals surface area contributed by atoms with Gasteiger partial charge in [0.05, 0.1) is 11.7 Å². The number of hydrogen-bond donors (Lipinski definition) is 1. The molecule has 1 N–H and O–H groups in total. The van der Waals surface area contributed by atoms with Crippen LogP contribution in [0.15, 0.2) is 29.8 Å². The molecule has 2 aromatic heterocycles. The van der Waals surface area contributed by atoms with Crippen LogP contribution in [0.25, 0.3) is 0 Å². The summed E-state index contributed by atoms with van der Waals surface area (Å²) in [6.07, 6.45) is 1.61. The van der Waals surface area contributed by atoms with E-state index < -0.39 is 0 Å². The Labute approximate surface area is 123 Å².